The van der Waals surface area contributed by atoms with Crippen molar-refractivity contribution in [3.63, 3.8) is 0 Å². The number of hydrogen-bond acceptors (Lipinski definition) is 4. The van der Waals surface area contributed by atoms with Gasteiger partial charge in [-0.15, -0.1) is 0 Å². The van der Waals surface area contributed by atoms with Crippen molar-refractivity contribution in [1.29, 1.82) is 0 Å². The van der Waals surface area contributed by atoms with E-state index < -0.39 is 0 Å². The summed E-state index contributed by atoms with van der Waals surface area (Å²) in [5.74, 6) is 1.94. The van der Waals surface area contributed by atoms with E-state index in [1.807, 2.05) is 12.1 Å². The fourth-order valence-electron chi connectivity index (χ4n) is 3.37. The molecule has 0 saturated carbocycles. The summed E-state index contributed by atoms with van der Waals surface area (Å²) < 4.78 is 16.2. The molecule has 1 aliphatic rings. The second-order valence-corrected chi connectivity index (χ2v) is 7.09. The summed E-state index contributed by atoms with van der Waals surface area (Å²) in [7, 11) is 3.43. The molecule has 1 saturated heterocycles. The lowest BCUT2D eigenvalue weighted by Crippen LogP contribution is -2.47. The van der Waals surface area contributed by atoms with E-state index in [4.69, 9.17) is 19.2 Å². The number of benzene rings is 1. The highest BCUT2D eigenvalue weighted by atomic mass is 16.5. The SMILES string of the molecule is CCNC(=NCCCc1ccc(OC)cc1)N1CCC(OCCCOC)CC1. The summed E-state index contributed by atoms with van der Waals surface area (Å²) in [5.41, 5.74) is 1.33. The topological polar surface area (TPSA) is 55.3 Å². The summed E-state index contributed by atoms with van der Waals surface area (Å²) in [4.78, 5) is 7.21. The predicted octanol–water partition coefficient (Wildman–Crippen LogP) is 3.11. The minimum atomic E-state index is 0.367. The Hall–Kier alpha value is -1.79. The molecule has 1 aromatic carbocycles. The van der Waals surface area contributed by atoms with Crippen LogP contribution < -0.4 is 10.1 Å². The molecular weight excluding hydrogens is 354 g/mol. The van der Waals surface area contributed by atoms with E-state index in [9.17, 15) is 0 Å². The maximum Gasteiger partial charge on any atom is 0.193 e. The molecule has 0 unspecified atom stereocenters. The quantitative estimate of drug-likeness (QED) is 0.357. The molecule has 28 heavy (non-hydrogen) atoms. The molecule has 6 nitrogen and oxygen atoms in total. The van der Waals surface area contributed by atoms with Crippen LogP contribution in [0, 0.1) is 0 Å². The maximum absolute atomic E-state index is 5.96. The van der Waals surface area contributed by atoms with Crippen molar-refractivity contribution < 1.29 is 14.2 Å². The van der Waals surface area contributed by atoms with E-state index >= 15 is 0 Å². The summed E-state index contributed by atoms with van der Waals surface area (Å²) in [5, 5.41) is 3.44. The van der Waals surface area contributed by atoms with Gasteiger partial charge in [0.15, 0.2) is 5.96 Å². The van der Waals surface area contributed by atoms with Gasteiger partial charge in [0.05, 0.1) is 13.2 Å². The van der Waals surface area contributed by atoms with Gasteiger partial charge < -0.3 is 24.4 Å². The Balaban J connectivity index is 1.72. The van der Waals surface area contributed by atoms with Gasteiger partial charge in [-0.1, -0.05) is 12.1 Å². The lowest BCUT2D eigenvalue weighted by Gasteiger charge is -2.34. The van der Waals surface area contributed by atoms with Crippen LogP contribution in [0.1, 0.15) is 38.2 Å². The van der Waals surface area contributed by atoms with Gasteiger partial charge in [0, 0.05) is 46.5 Å². The second-order valence-electron chi connectivity index (χ2n) is 7.09. The average Bonchev–Trinajstić information content (AvgIpc) is 2.74. The highest BCUT2D eigenvalue weighted by Gasteiger charge is 2.21. The first-order valence-electron chi connectivity index (χ1n) is 10.5. The van der Waals surface area contributed by atoms with Gasteiger partial charge in [-0.05, 0) is 56.7 Å². The third kappa shape index (κ3) is 8.07. The van der Waals surface area contributed by atoms with Crippen molar-refractivity contribution in [2.24, 2.45) is 4.99 Å². The fraction of sp³-hybridized carbons (Fsp3) is 0.682. The number of ether oxygens (including phenoxy) is 3. The van der Waals surface area contributed by atoms with Crippen molar-refractivity contribution in [2.45, 2.75) is 45.1 Å². The predicted molar refractivity (Wildman–Crippen MR) is 114 cm³/mol. The third-order valence-electron chi connectivity index (χ3n) is 4.97. The number of aryl methyl sites for hydroxylation is 1. The Labute approximate surface area is 170 Å². The molecule has 1 heterocycles. The Kier molecular flexibility index (Phi) is 10.8. The Bertz CT molecular complexity index is 555. The van der Waals surface area contributed by atoms with Crippen LogP contribution in [0.5, 0.6) is 5.75 Å². The number of likely N-dealkylation sites (tertiary alicyclic amines) is 1. The van der Waals surface area contributed by atoms with Gasteiger partial charge in [0.25, 0.3) is 0 Å². The van der Waals surface area contributed by atoms with Crippen molar-refractivity contribution in [2.75, 3.05) is 53.6 Å². The first kappa shape index (κ1) is 22.5. The molecule has 1 aliphatic heterocycles. The van der Waals surface area contributed by atoms with Crippen LogP contribution in [0.2, 0.25) is 0 Å². The molecule has 1 N–H and O–H groups in total. The van der Waals surface area contributed by atoms with E-state index in [0.29, 0.717) is 6.10 Å². The van der Waals surface area contributed by atoms with Crippen molar-refractivity contribution in [1.82, 2.24) is 10.2 Å². The highest BCUT2D eigenvalue weighted by molar-refractivity contribution is 5.80. The van der Waals surface area contributed by atoms with Gasteiger partial charge in [-0.3, -0.25) is 4.99 Å². The molecule has 158 valence electrons. The summed E-state index contributed by atoms with van der Waals surface area (Å²) in [6.45, 7) is 7.41. The minimum Gasteiger partial charge on any atom is -0.497 e. The largest absolute Gasteiger partial charge is 0.497 e. The van der Waals surface area contributed by atoms with Crippen molar-refractivity contribution >= 4 is 5.96 Å². The van der Waals surface area contributed by atoms with Crippen molar-refractivity contribution in [3.8, 4) is 5.75 Å². The minimum absolute atomic E-state index is 0.367. The average molecular weight is 392 g/mol. The molecular formula is C22H37N3O3. The Morgan fingerprint density at radius 3 is 2.50 bits per heavy atom. The molecule has 6 heteroatoms. The summed E-state index contributed by atoms with van der Waals surface area (Å²) >= 11 is 0. The van der Waals surface area contributed by atoms with Crippen molar-refractivity contribution in [3.05, 3.63) is 29.8 Å². The van der Waals surface area contributed by atoms with E-state index in [0.717, 1.165) is 83.2 Å². The van der Waals surface area contributed by atoms with Gasteiger partial charge in [-0.2, -0.15) is 0 Å². The van der Waals surface area contributed by atoms with Crippen LogP contribution in [0.3, 0.4) is 0 Å². The first-order chi connectivity index (χ1) is 13.8. The second kappa shape index (κ2) is 13.4. The number of nitrogens with zero attached hydrogens (tertiary/aromatic N) is 2. The number of hydrogen-bond donors (Lipinski definition) is 1. The molecule has 2 rings (SSSR count). The van der Waals surface area contributed by atoms with Crippen LogP contribution >= 0.6 is 0 Å². The first-order valence-corrected chi connectivity index (χ1v) is 10.5. The van der Waals surface area contributed by atoms with Gasteiger partial charge in [-0.25, -0.2) is 0 Å². The zero-order valence-electron chi connectivity index (χ0n) is 17.8. The van der Waals surface area contributed by atoms with Crippen LogP contribution in [0.15, 0.2) is 29.3 Å². The lowest BCUT2D eigenvalue weighted by atomic mass is 10.1. The standard InChI is InChI=1S/C22H37N3O3/c1-4-23-22(24-14-5-7-19-8-10-20(27-3)11-9-19)25-15-12-21(13-16-25)28-18-6-17-26-2/h8-11,21H,4-7,12-18H2,1-3H3,(H,23,24). The fourth-order valence-corrected chi connectivity index (χ4v) is 3.37. The van der Waals surface area contributed by atoms with Gasteiger partial charge >= 0.3 is 0 Å². The van der Waals surface area contributed by atoms with E-state index in [-0.39, 0.29) is 0 Å². The number of guanidine groups is 1. The number of nitrogens with one attached hydrogen (secondary N) is 1. The third-order valence-corrected chi connectivity index (χ3v) is 4.97. The van der Waals surface area contributed by atoms with E-state index in [1.54, 1.807) is 14.2 Å². The molecule has 0 radical (unpaired) electrons. The van der Waals surface area contributed by atoms with Gasteiger partial charge in [0.1, 0.15) is 5.75 Å². The normalized spacial score (nSPS) is 15.7. The molecule has 1 aromatic rings. The van der Waals surface area contributed by atoms with Crippen LogP contribution in [-0.2, 0) is 15.9 Å². The zero-order chi connectivity index (χ0) is 20.0. The smallest absolute Gasteiger partial charge is 0.193 e. The molecule has 0 aromatic heterocycles. The molecule has 0 atom stereocenters. The zero-order valence-corrected chi connectivity index (χ0v) is 17.8. The van der Waals surface area contributed by atoms with E-state index in [1.165, 1.54) is 5.56 Å². The summed E-state index contributed by atoms with van der Waals surface area (Å²) in [6.07, 6.45) is 5.53. The number of aliphatic imine (C=N–C) groups is 1. The monoisotopic (exact) mass is 391 g/mol. The molecule has 0 bridgehead atoms. The summed E-state index contributed by atoms with van der Waals surface area (Å²) in [6, 6.07) is 8.30. The van der Waals surface area contributed by atoms with Crippen LogP contribution in [0.4, 0.5) is 0 Å². The highest BCUT2D eigenvalue weighted by Crippen LogP contribution is 2.15. The van der Waals surface area contributed by atoms with E-state index in [2.05, 4.69) is 29.3 Å². The number of piperidine rings is 1. The number of methoxy groups -OCH3 is 2. The molecule has 0 aliphatic carbocycles. The molecule has 0 spiro atoms. The Morgan fingerprint density at radius 2 is 1.86 bits per heavy atom. The van der Waals surface area contributed by atoms with Crippen LogP contribution in [-0.4, -0.2) is 70.6 Å². The number of rotatable bonds is 11. The Morgan fingerprint density at radius 1 is 1.11 bits per heavy atom. The maximum atomic E-state index is 5.96. The lowest BCUT2D eigenvalue weighted by molar-refractivity contribution is 0.00990. The molecule has 0 amide bonds. The van der Waals surface area contributed by atoms with Crippen LogP contribution in [0.25, 0.3) is 0 Å². The van der Waals surface area contributed by atoms with Gasteiger partial charge in [0.2, 0.25) is 0 Å². The molecule has 1 fully saturated rings.